The number of hydrogen-bond donors (Lipinski definition) is 0. The number of aryl methyl sites for hydroxylation is 1. The van der Waals surface area contributed by atoms with Crippen LogP contribution in [0.2, 0.25) is 0 Å². The van der Waals surface area contributed by atoms with E-state index in [1.165, 1.54) is 15.5 Å². The number of rotatable bonds is 0. The average Bonchev–Trinajstić information content (AvgIpc) is 2.41. The second kappa shape index (κ2) is 2.41. The third-order valence-electron chi connectivity index (χ3n) is 1.58. The molecule has 0 saturated heterocycles. The molecule has 0 aliphatic rings. The highest BCUT2D eigenvalue weighted by Gasteiger charge is 2.06. The maximum Gasteiger partial charge on any atom is 0.293 e. The summed E-state index contributed by atoms with van der Waals surface area (Å²) in [6.07, 6.45) is 3.06. The minimum atomic E-state index is -0.165. The van der Waals surface area contributed by atoms with Crippen LogP contribution in [0.5, 0.6) is 0 Å². The van der Waals surface area contributed by atoms with Gasteiger partial charge in [-0.1, -0.05) is 0 Å². The third kappa shape index (κ3) is 0.878. The van der Waals surface area contributed by atoms with Crippen molar-refractivity contribution >= 4 is 21.4 Å². The van der Waals surface area contributed by atoms with Crippen LogP contribution in [0.4, 0.5) is 0 Å². The van der Waals surface area contributed by atoms with Gasteiger partial charge in [0.05, 0.1) is 10.7 Å². The SMILES string of the molecule is Cn1ncn2ncc(Br)c2c1=O. The highest BCUT2D eigenvalue weighted by atomic mass is 79.9. The van der Waals surface area contributed by atoms with E-state index in [-0.39, 0.29) is 5.56 Å². The fraction of sp³-hybridized carbons (Fsp3) is 0.167. The first-order valence-electron chi connectivity index (χ1n) is 3.25. The molecule has 0 atom stereocenters. The zero-order chi connectivity index (χ0) is 8.72. The monoisotopic (exact) mass is 228 g/mol. The van der Waals surface area contributed by atoms with Crippen LogP contribution in [0.25, 0.3) is 5.52 Å². The van der Waals surface area contributed by atoms with E-state index in [0.29, 0.717) is 9.99 Å². The van der Waals surface area contributed by atoms with Crippen LogP contribution in [0.1, 0.15) is 0 Å². The molecule has 0 aliphatic heterocycles. The second-order valence-electron chi connectivity index (χ2n) is 2.35. The van der Waals surface area contributed by atoms with Gasteiger partial charge in [-0.05, 0) is 15.9 Å². The van der Waals surface area contributed by atoms with Crippen LogP contribution in [0.15, 0.2) is 21.8 Å². The molecule has 0 bridgehead atoms. The van der Waals surface area contributed by atoms with E-state index in [4.69, 9.17) is 0 Å². The molecule has 12 heavy (non-hydrogen) atoms. The fourth-order valence-corrected chi connectivity index (χ4v) is 1.40. The molecular formula is C6H5BrN4O. The van der Waals surface area contributed by atoms with Gasteiger partial charge in [-0.2, -0.15) is 10.2 Å². The zero-order valence-electron chi connectivity index (χ0n) is 6.23. The van der Waals surface area contributed by atoms with Crippen molar-refractivity contribution in [3.8, 4) is 0 Å². The Morgan fingerprint density at radius 3 is 3.00 bits per heavy atom. The van der Waals surface area contributed by atoms with Crippen molar-refractivity contribution in [1.82, 2.24) is 19.4 Å². The van der Waals surface area contributed by atoms with E-state index < -0.39 is 0 Å². The quantitative estimate of drug-likeness (QED) is 0.647. The Bertz CT molecular complexity index is 486. The molecule has 0 saturated carbocycles. The molecule has 0 amide bonds. The Labute approximate surface area is 75.7 Å². The number of hydrogen-bond acceptors (Lipinski definition) is 3. The van der Waals surface area contributed by atoms with Crippen molar-refractivity contribution in [3.63, 3.8) is 0 Å². The van der Waals surface area contributed by atoms with Gasteiger partial charge in [0.15, 0.2) is 0 Å². The Balaban J connectivity index is 3.06. The number of aromatic nitrogens is 4. The molecule has 0 spiro atoms. The van der Waals surface area contributed by atoms with Crippen LogP contribution in [0.3, 0.4) is 0 Å². The highest BCUT2D eigenvalue weighted by molar-refractivity contribution is 9.10. The minimum absolute atomic E-state index is 0.165. The van der Waals surface area contributed by atoms with Crippen molar-refractivity contribution in [2.45, 2.75) is 0 Å². The fourth-order valence-electron chi connectivity index (χ4n) is 0.961. The first-order chi connectivity index (χ1) is 5.70. The van der Waals surface area contributed by atoms with Gasteiger partial charge in [0, 0.05) is 7.05 Å². The Morgan fingerprint density at radius 2 is 2.25 bits per heavy atom. The van der Waals surface area contributed by atoms with Crippen molar-refractivity contribution in [3.05, 3.63) is 27.4 Å². The number of fused-ring (bicyclic) bond motifs is 1. The molecule has 0 fully saturated rings. The molecular weight excluding hydrogens is 224 g/mol. The Hall–Kier alpha value is -1.17. The lowest BCUT2D eigenvalue weighted by Gasteiger charge is -1.95. The molecule has 2 heterocycles. The molecule has 5 nitrogen and oxygen atoms in total. The molecule has 0 unspecified atom stereocenters. The maximum absolute atomic E-state index is 11.4. The molecule has 62 valence electrons. The summed E-state index contributed by atoms with van der Waals surface area (Å²) in [7, 11) is 1.60. The van der Waals surface area contributed by atoms with Crippen LogP contribution < -0.4 is 5.56 Å². The number of halogens is 1. The summed E-state index contributed by atoms with van der Waals surface area (Å²) in [5, 5.41) is 7.72. The van der Waals surface area contributed by atoms with Gasteiger partial charge in [0.25, 0.3) is 5.56 Å². The molecule has 0 radical (unpaired) electrons. The topological polar surface area (TPSA) is 52.2 Å². The Kier molecular flexibility index (Phi) is 1.50. The van der Waals surface area contributed by atoms with E-state index >= 15 is 0 Å². The first-order valence-corrected chi connectivity index (χ1v) is 4.04. The van der Waals surface area contributed by atoms with Crippen molar-refractivity contribution in [1.29, 1.82) is 0 Å². The van der Waals surface area contributed by atoms with E-state index in [2.05, 4.69) is 26.1 Å². The maximum atomic E-state index is 11.4. The minimum Gasteiger partial charge on any atom is -0.265 e. The van der Waals surface area contributed by atoms with E-state index in [0.717, 1.165) is 0 Å². The molecule has 2 aromatic rings. The predicted octanol–water partition coefficient (Wildman–Crippen LogP) is 0.190. The van der Waals surface area contributed by atoms with Gasteiger partial charge in [-0.25, -0.2) is 9.20 Å². The van der Waals surface area contributed by atoms with Gasteiger partial charge in [0.2, 0.25) is 0 Å². The largest absolute Gasteiger partial charge is 0.293 e. The summed E-state index contributed by atoms with van der Waals surface area (Å²) >= 11 is 3.23. The lowest BCUT2D eigenvalue weighted by atomic mass is 10.5. The van der Waals surface area contributed by atoms with Crippen molar-refractivity contribution in [2.75, 3.05) is 0 Å². The van der Waals surface area contributed by atoms with Gasteiger partial charge < -0.3 is 0 Å². The van der Waals surface area contributed by atoms with Crippen LogP contribution >= 0.6 is 15.9 Å². The van der Waals surface area contributed by atoms with E-state index in [1.54, 1.807) is 13.2 Å². The van der Waals surface area contributed by atoms with Crippen LogP contribution in [0, 0.1) is 0 Å². The summed E-state index contributed by atoms with van der Waals surface area (Å²) in [5.74, 6) is 0. The molecule has 0 aromatic carbocycles. The third-order valence-corrected chi connectivity index (χ3v) is 2.16. The Morgan fingerprint density at radius 1 is 1.50 bits per heavy atom. The zero-order valence-corrected chi connectivity index (χ0v) is 7.82. The van der Waals surface area contributed by atoms with Gasteiger partial charge >= 0.3 is 0 Å². The highest BCUT2D eigenvalue weighted by Crippen LogP contribution is 2.11. The molecule has 0 aliphatic carbocycles. The number of nitrogens with zero attached hydrogens (tertiary/aromatic N) is 4. The molecule has 0 N–H and O–H groups in total. The molecule has 2 rings (SSSR count). The summed E-state index contributed by atoms with van der Waals surface area (Å²) in [5.41, 5.74) is 0.342. The van der Waals surface area contributed by atoms with E-state index in [1.807, 2.05) is 0 Å². The lowest BCUT2D eigenvalue weighted by molar-refractivity contribution is 0.676. The summed E-state index contributed by atoms with van der Waals surface area (Å²) in [4.78, 5) is 11.4. The van der Waals surface area contributed by atoms with Crippen LogP contribution in [-0.4, -0.2) is 19.4 Å². The lowest BCUT2D eigenvalue weighted by Crippen LogP contribution is -2.21. The normalized spacial score (nSPS) is 10.8. The standard InChI is InChI=1S/C6H5BrN4O/c1-10-6(12)5-4(7)2-8-11(5)3-9-10/h2-3H,1H3. The summed E-state index contributed by atoms with van der Waals surface area (Å²) in [6.45, 7) is 0. The summed E-state index contributed by atoms with van der Waals surface area (Å²) in [6, 6.07) is 0. The first kappa shape index (κ1) is 7.48. The average molecular weight is 229 g/mol. The van der Waals surface area contributed by atoms with Gasteiger partial charge in [-0.15, -0.1) is 0 Å². The molecule has 2 aromatic heterocycles. The van der Waals surface area contributed by atoms with Gasteiger partial charge in [0.1, 0.15) is 11.8 Å². The second-order valence-corrected chi connectivity index (χ2v) is 3.20. The predicted molar refractivity (Wildman–Crippen MR) is 45.9 cm³/mol. The summed E-state index contributed by atoms with van der Waals surface area (Å²) < 4.78 is 3.39. The smallest absolute Gasteiger partial charge is 0.265 e. The molecule has 6 heteroatoms. The van der Waals surface area contributed by atoms with Crippen molar-refractivity contribution in [2.24, 2.45) is 7.05 Å². The van der Waals surface area contributed by atoms with Crippen molar-refractivity contribution < 1.29 is 0 Å². The van der Waals surface area contributed by atoms with Crippen LogP contribution in [-0.2, 0) is 7.05 Å². The van der Waals surface area contributed by atoms with E-state index in [9.17, 15) is 4.79 Å². The van der Waals surface area contributed by atoms with Gasteiger partial charge in [-0.3, -0.25) is 4.79 Å².